The van der Waals surface area contributed by atoms with Gasteiger partial charge in [0.25, 0.3) is 5.91 Å². The molecule has 1 amide bonds. The van der Waals surface area contributed by atoms with Gasteiger partial charge in [-0.1, -0.05) is 12.1 Å². The molecule has 2 atom stereocenters. The lowest BCUT2D eigenvalue weighted by Gasteiger charge is -2.44. The van der Waals surface area contributed by atoms with Gasteiger partial charge in [0.05, 0.1) is 0 Å². The maximum Gasteiger partial charge on any atom is 0.251 e. The van der Waals surface area contributed by atoms with Crippen molar-refractivity contribution in [1.82, 2.24) is 10.2 Å². The minimum Gasteiger partial charge on any atom is -0.487 e. The molecule has 7 heteroatoms. The summed E-state index contributed by atoms with van der Waals surface area (Å²) in [4.78, 5) is 15.2. The highest BCUT2D eigenvalue weighted by molar-refractivity contribution is 5.95. The fraction of sp³-hybridized carbons (Fsp3) is 0.435. The number of ether oxygens (including phenoxy) is 3. The van der Waals surface area contributed by atoms with E-state index >= 15 is 0 Å². The number of hydrogen-bond acceptors (Lipinski definition) is 5. The van der Waals surface area contributed by atoms with E-state index in [2.05, 4.69) is 10.2 Å². The van der Waals surface area contributed by atoms with Crippen LogP contribution in [0.25, 0.3) is 0 Å². The number of nitrogens with zero attached hydrogens (tertiary/aromatic N) is 1. The lowest BCUT2D eigenvalue weighted by atomic mass is 9.84. The van der Waals surface area contributed by atoms with E-state index < -0.39 is 11.9 Å². The van der Waals surface area contributed by atoms with Crippen LogP contribution in [-0.4, -0.2) is 55.8 Å². The van der Waals surface area contributed by atoms with Gasteiger partial charge in [0.1, 0.15) is 13.2 Å². The van der Waals surface area contributed by atoms with Crippen molar-refractivity contribution in [2.45, 2.75) is 25.0 Å². The largest absolute Gasteiger partial charge is 0.487 e. The zero-order valence-corrected chi connectivity index (χ0v) is 16.7. The molecule has 6 rings (SSSR count). The van der Waals surface area contributed by atoms with Crippen molar-refractivity contribution in [3.05, 3.63) is 53.8 Å². The van der Waals surface area contributed by atoms with Crippen molar-refractivity contribution in [2.75, 3.05) is 32.8 Å². The Hall–Kier alpha value is -2.80. The Morgan fingerprint density at radius 1 is 1.17 bits per heavy atom. The van der Waals surface area contributed by atoms with Gasteiger partial charge in [-0.15, -0.1) is 0 Å². The van der Waals surface area contributed by atoms with Gasteiger partial charge in [-0.2, -0.15) is 0 Å². The molecule has 2 aromatic rings. The molecule has 30 heavy (non-hydrogen) atoms. The van der Waals surface area contributed by atoms with Gasteiger partial charge >= 0.3 is 0 Å². The number of halogens is 1. The van der Waals surface area contributed by atoms with Gasteiger partial charge in [-0.3, -0.25) is 4.79 Å². The summed E-state index contributed by atoms with van der Waals surface area (Å²) in [6, 6.07) is 11.7. The Kier molecular flexibility index (Phi) is 5.21. The Balaban J connectivity index is 1.22. The number of hydrogen-bond donors (Lipinski definition) is 1. The highest BCUT2D eigenvalue weighted by Gasteiger charge is 2.35. The van der Waals surface area contributed by atoms with Crippen molar-refractivity contribution < 1.29 is 23.4 Å². The molecule has 4 aliphatic rings. The zero-order chi connectivity index (χ0) is 20.5. The molecule has 1 N–H and O–H groups in total. The molecule has 0 radical (unpaired) electrons. The van der Waals surface area contributed by atoms with Crippen molar-refractivity contribution >= 4 is 5.91 Å². The van der Waals surface area contributed by atoms with E-state index in [0.29, 0.717) is 29.6 Å². The number of benzene rings is 2. The molecule has 0 aliphatic carbocycles. The second-order valence-electron chi connectivity index (χ2n) is 8.17. The molecule has 2 aromatic carbocycles. The van der Waals surface area contributed by atoms with Crippen molar-refractivity contribution in [2.24, 2.45) is 5.92 Å². The Morgan fingerprint density at radius 2 is 2.00 bits per heavy atom. The minimum absolute atomic E-state index is 0.0927. The van der Waals surface area contributed by atoms with Gasteiger partial charge in [0.15, 0.2) is 29.2 Å². The summed E-state index contributed by atoms with van der Waals surface area (Å²) in [6.45, 7) is 3.65. The molecule has 0 spiro atoms. The number of piperidine rings is 3. The lowest BCUT2D eigenvalue weighted by molar-refractivity contribution is 0.0519. The first-order valence-corrected chi connectivity index (χ1v) is 10.5. The summed E-state index contributed by atoms with van der Waals surface area (Å²) in [7, 11) is 0. The second kappa shape index (κ2) is 8.14. The molecular formula is C23H25FN2O4. The van der Waals surface area contributed by atoms with Crippen LogP contribution < -0.4 is 19.5 Å². The molecular weight excluding hydrogens is 387 g/mol. The minimum atomic E-state index is -0.415. The average molecular weight is 412 g/mol. The SMILES string of the molecule is O=C(N[C@H]1CN2CCC1CC2)c1ccc2c(c1)O[C@@H](COc1ccccc1F)CO2. The summed E-state index contributed by atoms with van der Waals surface area (Å²) in [5.41, 5.74) is 0.546. The lowest BCUT2D eigenvalue weighted by Crippen LogP contribution is -2.57. The first-order chi connectivity index (χ1) is 14.7. The van der Waals surface area contributed by atoms with Gasteiger partial charge in [0, 0.05) is 18.2 Å². The number of nitrogens with one attached hydrogen (secondary N) is 1. The quantitative estimate of drug-likeness (QED) is 0.819. The van der Waals surface area contributed by atoms with Crippen LogP contribution in [0.2, 0.25) is 0 Å². The van der Waals surface area contributed by atoms with E-state index in [1.165, 1.54) is 6.07 Å². The highest BCUT2D eigenvalue weighted by Crippen LogP contribution is 2.33. The van der Waals surface area contributed by atoms with Crippen LogP contribution in [0.4, 0.5) is 4.39 Å². The van der Waals surface area contributed by atoms with Gasteiger partial charge in [-0.25, -0.2) is 4.39 Å². The maximum atomic E-state index is 13.7. The Labute approximate surface area is 174 Å². The third kappa shape index (κ3) is 3.94. The van der Waals surface area contributed by atoms with Crippen LogP contribution in [0.15, 0.2) is 42.5 Å². The smallest absolute Gasteiger partial charge is 0.251 e. The van der Waals surface area contributed by atoms with Gasteiger partial charge in [-0.05, 0) is 62.2 Å². The average Bonchev–Trinajstić information content (AvgIpc) is 2.79. The van der Waals surface area contributed by atoms with E-state index in [1.54, 1.807) is 36.4 Å². The molecule has 4 aliphatic heterocycles. The molecule has 3 fully saturated rings. The number of carbonyl (C=O) groups excluding carboxylic acids is 1. The van der Waals surface area contributed by atoms with Crippen LogP contribution in [0.3, 0.4) is 0 Å². The van der Waals surface area contributed by atoms with E-state index in [1.807, 2.05) is 0 Å². The van der Waals surface area contributed by atoms with E-state index in [0.717, 1.165) is 32.5 Å². The fourth-order valence-corrected chi connectivity index (χ4v) is 4.46. The van der Waals surface area contributed by atoms with Crippen LogP contribution in [0.5, 0.6) is 17.2 Å². The van der Waals surface area contributed by atoms with Crippen LogP contribution in [0.1, 0.15) is 23.2 Å². The fourth-order valence-electron chi connectivity index (χ4n) is 4.46. The second-order valence-corrected chi connectivity index (χ2v) is 8.17. The molecule has 0 aromatic heterocycles. The molecule has 2 bridgehead atoms. The first kappa shape index (κ1) is 19.2. The molecule has 3 saturated heterocycles. The zero-order valence-electron chi connectivity index (χ0n) is 16.7. The third-order valence-electron chi connectivity index (χ3n) is 6.16. The summed E-state index contributed by atoms with van der Waals surface area (Å²) in [5, 5.41) is 3.19. The third-order valence-corrected chi connectivity index (χ3v) is 6.16. The monoisotopic (exact) mass is 412 g/mol. The predicted molar refractivity (Wildman–Crippen MR) is 109 cm³/mol. The van der Waals surface area contributed by atoms with Crippen molar-refractivity contribution in [3.8, 4) is 17.2 Å². The molecule has 158 valence electrons. The number of carbonyl (C=O) groups is 1. The van der Waals surface area contributed by atoms with Crippen LogP contribution in [0, 0.1) is 11.7 Å². The molecule has 6 nitrogen and oxygen atoms in total. The van der Waals surface area contributed by atoms with Crippen LogP contribution in [-0.2, 0) is 0 Å². The highest BCUT2D eigenvalue weighted by atomic mass is 19.1. The summed E-state index contributed by atoms with van der Waals surface area (Å²) >= 11 is 0. The van der Waals surface area contributed by atoms with Gasteiger partial charge in [0.2, 0.25) is 0 Å². The Bertz CT molecular complexity index is 929. The first-order valence-electron chi connectivity index (χ1n) is 10.5. The van der Waals surface area contributed by atoms with E-state index in [4.69, 9.17) is 14.2 Å². The van der Waals surface area contributed by atoms with Crippen LogP contribution >= 0.6 is 0 Å². The van der Waals surface area contributed by atoms with E-state index in [9.17, 15) is 9.18 Å². The number of rotatable bonds is 5. The number of para-hydroxylation sites is 1. The normalized spacial score (nSPS) is 26.8. The van der Waals surface area contributed by atoms with Gasteiger partial charge < -0.3 is 24.4 Å². The Morgan fingerprint density at radius 3 is 2.77 bits per heavy atom. The predicted octanol–water partition coefficient (Wildman–Crippen LogP) is 2.87. The standard InChI is InChI=1S/C23H25FN2O4/c24-18-3-1-2-4-20(18)28-13-17-14-29-21-6-5-16(11-22(21)30-17)23(27)25-19-12-26-9-7-15(19)8-10-26/h1-6,11,15,17,19H,7-10,12-14H2,(H,25,27)/t17-,19-/m0/s1. The topological polar surface area (TPSA) is 60.0 Å². The number of amides is 1. The summed E-state index contributed by atoms with van der Waals surface area (Å²) in [5.74, 6) is 1.33. The summed E-state index contributed by atoms with van der Waals surface area (Å²) < 4.78 is 31.0. The number of fused-ring (bicyclic) bond motifs is 4. The molecule has 0 saturated carbocycles. The van der Waals surface area contributed by atoms with Crippen molar-refractivity contribution in [3.63, 3.8) is 0 Å². The maximum absolute atomic E-state index is 13.7. The van der Waals surface area contributed by atoms with E-state index in [-0.39, 0.29) is 24.3 Å². The summed E-state index contributed by atoms with van der Waals surface area (Å²) in [6.07, 6.45) is 1.91. The molecule has 4 heterocycles. The van der Waals surface area contributed by atoms with Crippen molar-refractivity contribution in [1.29, 1.82) is 0 Å². The molecule has 0 unspecified atom stereocenters.